The largest absolute Gasteiger partial charge is 0.478 e. The van der Waals surface area contributed by atoms with Gasteiger partial charge in [-0.3, -0.25) is 19.3 Å². The van der Waals surface area contributed by atoms with E-state index in [2.05, 4.69) is 0 Å². The average molecular weight is 405 g/mol. The second-order valence-electron chi connectivity index (χ2n) is 7.31. The van der Waals surface area contributed by atoms with Gasteiger partial charge >= 0.3 is 5.63 Å². The average Bonchev–Trinajstić information content (AvgIpc) is 2.94. The smallest absolute Gasteiger partial charge is 0.379 e. The Morgan fingerprint density at radius 2 is 1.63 bits per heavy atom. The molecule has 0 atom stereocenters. The van der Waals surface area contributed by atoms with Gasteiger partial charge in [0.05, 0.1) is 17.7 Å². The zero-order valence-corrected chi connectivity index (χ0v) is 16.8. The summed E-state index contributed by atoms with van der Waals surface area (Å²) < 4.78 is 10.9. The predicted octanol–water partition coefficient (Wildman–Crippen LogP) is 3.17. The first-order valence-corrected chi connectivity index (χ1v) is 9.43. The van der Waals surface area contributed by atoms with Crippen molar-refractivity contribution in [2.45, 2.75) is 27.3 Å². The number of carbonyl (C=O) groups excluding carboxylic acids is 3. The number of imide groups is 1. The molecule has 1 aliphatic heterocycles. The molecule has 0 saturated carbocycles. The van der Waals surface area contributed by atoms with Gasteiger partial charge in [0, 0.05) is 16.5 Å². The minimum Gasteiger partial charge on any atom is -0.478 e. The van der Waals surface area contributed by atoms with Crippen molar-refractivity contribution in [2.75, 3.05) is 6.61 Å². The molecule has 0 fully saturated rings. The van der Waals surface area contributed by atoms with Crippen LogP contribution in [0.25, 0.3) is 11.0 Å². The molecule has 2 heterocycles. The van der Waals surface area contributed by atoms with E-state index in [0.29, 0.717) is 33.2 Å². The zero-order valence-electron chi connectivity index (χ0n) is 16.8. The highest BCUT2D eigenvalue weighted by atomic mass is 16.5. The molecular formula is C23H19NO6. The Morgan fingerprint density at radius 1 is 1.00 bits per heavy atom. The van der Waals surface area contributed by atoms with E-state index in [1.165, 1.54) is 6.92 Å². The molecular weight excluding hydrogens is 386 g/mol. The lowest BCUT2D eigenvalue weighted by Gasteiger charge is -2.18. The van der Waals surface area contributed by atoms with Crippen molar-refractivity contribution in [3.63, 3.8) is 0 Å². The standard InChI is InChI=1S/C23H19NO6/c1-12-8-9-15-14(3)19(29-11-13(2)25)23(28)30-20(15)18(12)10-24-21(26)16-6-4-5-7-17(16)22(24)27/h4-9H,10-11H2,1-3H3. The van der Waals surface area contributed by atoms with Gasteiger partial charge in [0.15, 0.2) is 5.78 Å². The first-order chi connectivity index (χ1) is 14.3. The number of amides is 2. The number of aryl methyl sites for hydroxylation is 2. The minimum atomic E-state index is -0.713. The summed E-state index contributed by atoms with van der Waals surface area (Å²) >= 11 is 0. The second-order valence-corrected chi connectivity index (χ2v) is 7.31. The third-order valence-electron chi connectivity index (χ3n) is 5.23. The Bertz CT molecular complexity index is 1250. The number of carbonyl (C=O) groups is 3. The van der Waals surface area contributed by atoms with Gasteiger partial charge < -0.3 is 9.15 Å². The van der Waals surface area contributed by atoms with Crippen LogP contribution in [0.5, 0.6) is 5.75 Å². The summed E-state index contributed by atoms with van der Waals surface area (Å²) in [6, 6.07) is 10.3. The Balaban J connectivity index is 1.80. The molecule has 2 aromatic carbocycles. The van der Waals surface area contributed by atoms with Crippen molar-refractivity contribution in [3.05, 3.63) is 74.6 Å². The van der Waals surface area contributed by atoms with Gasteiger partial charge in [-0.2, -0.15) is 0 Å². The first kappa shape index (κ1) is 19.6. The van der Waals surface area contributed by atoms with E-state index in [9.17, 15) is 19.2 Å². The fraction of sp³-hybridized carbons (Fsp3) is 0.217. The van der Waals surface area contributed by atoms with E-state index < -0.39 is 5.63 Å². The molecule has 0 radical (unpaired) electrons. The fourth-order valence-electron chi connectivity index (χ4n) is 3.63. The van der Waals surface area contributed by atoms with E-state index in [1.54, 1.807) is 37.3 Å². The van der Waals surface area contributed by atoms with E-state index in [-0.39, 0.29) is 36.5 Å². The van der Waals surface area contributed by atoms with Crippen molar-refractivity contribution in [3.8, 4) is 5.75 Å². The summed E-state index contributed by atoms with van der Waals surface area (Å²) in [6.45, 7) is 4.64. The molecule has 0 N–H and O–H groups in total. The fourth-order valence-corrected chi connectivity index (χ4v) is 3.63. The van der Waals surface area contributed by atoms with E-state index in [4.69, 9.17) is 9.15 Å². The number of hydrogen-bond donors (Lipinski definition) is 0. The normalized spacial score (nSPS) is 13.1. The summed E-state index contributed by atoms with van der Waals surface area (Å²) in [6.07, 6.45) is 0. The topological polar surface area (TPSA) is 93.9 Å². The molecule has 0 bridgehead atoms. The SMILES string of the molecule is CC(=O)COc1c(C)c2ccc(C)c(CN3C(=O)c4ccccc4C3=O)c2oc1=O. The highest BCUT2D eigenvalue weighted by Crippen LogP contribution is 2.31. The molecule has 2 amide bonds. The maximum absolute atomic E-state index is 12.8. The minimum absolute atomic E-state index is 0.0202. The van der Waals surface area contributed by atoms with Crippen LogP contribution in [0.4, 0.5) is 0 Å². The highest BCUT2D eigenvalue weighted by Gasteiger charge is 2.35. The molecule has 0 aliphatic carbocycles. The number of rotatable bonds is 5. The Morgan fingerprint density at radius 3 is 2.23 bits per heavy atom. The Hall–Kier alpha value is -3.74. The molecule has 1 aliphatic rings. The number of ketones is 1. The van der Waals surface area contributed by atoms with Crippen molar-refractivity contribution in [1.82, 2.24) is 4.90 Å². The molecule has 0 saturated heterocycles. The van der Waals surface area contributed by atoms with E-state index in [0.717, 1.165) is 10.5 Å². The van der Waals surface area contributed by atoms with Crippen molar-refractivity contribution >= 4 is 28.6 Å². The van der Waals surface area contributed by atoms with Gasteiger partial charge in [-0.1, -0.05) is 24.3 Å². The van der Waals surface area contributed by atoms with Crippen molar-refractivity contribution in [2.24, 2.45) is 0 Å². The number of fused-ring (bicyclic) bond motifs is 2. The Kier molecular flexibility index (Phi) is 4.73. The lowest BCUT2D eigenvalue weighted by Crippen LogP contribution is -2.29. The quantitative estimate of drug-likeness (QED) is 0.478. The van der Waals surface area contributed by atoms with Gasteiger partial charge in [-0.05, 0) is 38.5 Å². The van der Waals surface area contributed by atoms with Crippen LogP contribution in [0.1, 0.15) is 44.3 Å². The van der Waals surface area contributed by atoms with Crippen molar-refractivity contribution in [1.29, 1.82) is 0 Å². The van der Waals surface area contributed by atoms with Crippen LogP contribution in [0, 0.1) is 13.8 Å². The number of ether oxygens (including phenoxy) is 1. The van der Waals surface area contributed by atoms with Crippen LogP contribution in [-0.2, 0) is 11.3 Å². The third-order valence-corrected chi connectivity index (χ3v) is 5.23. The van der Waals surface area contributed by atoms with Gasteiger partial charge in [0.1, 0.15) is 12.2 Å². The van der Waals surface area contributed by atoms with Crippen LogP contribution in [0.3, 0.4) is 0 Å². The van der Waals surface area contributed by atoms with E-state index in [1.807, 2.05) is 13.0 Å². The predicted molar refractivity (Wildman–Crippen MR) is 109 cm³/mol. The lowest BCUT2D eigenvalue weighted by atomic mass is 10.0. The number of benzene rings is 2. The number of Topliss-reactive ketones (excluding diaryl/α,β-unsaturated/α-hetero) is 1. The van der Waals surface area contributed by atoms with Crippen LogP contribution in [0.2, 0.25) is 0 Å². The summed E-state index contributed by atoms with van der Waals surface area (Å²) in [5, 5.41) is 0.616. The van der Waals surface area contributed by atoms with Crippen LogP contribution < -0.4 is 10.4 Å². The second kappa shape index (κ2) is 7.26. The maximum Gasteiger partial charge on any atom is 0.379 e. The molecule has 7 nitrogen and oxygen atoms in total. The van der Waals surface area contributed by atoms with Gasteiger partial charge in [-0.25, -0.2) is 4.79 Å². The summed E-state index contributed by atoms with van der Waals surface area (Å²) in [5.74, 6) is -1.00. The zero-order chi connectivity index (χ0) is 21.6. The lowest BCUT2D eigenvalue weighted by molar-refractivity contribution is -0.118. The molecule has 3 aromatic rings. The van der Waals surface area contributed by atoms with Crippen LogP contribution >= 0.6 is 0 Å². The molecule has 30 heavy (non-hydrogen) atoms. The van der Waals surface area contributed by atoms with Crippen LogP contribution in [0.15, 0.2) is 45.6 Å². The molecule has 0 spiro atoms. The highest BCUT2D eigenvalue weighted by molar-refractivity contribution is 6.21. The van der Waals surface area contributed by atoms with Crippen molar-refractivity contribution < 1.29 is 23.5 Å². The maximum atomic E-state index is 12.8. The summed E-state index contributed by atoms with van der Waals surface area (Å²) in [5.41, 5.74) is 2.18. The van der Waals surface area contributed by atoms with E-state index >= 15 is 0 Å². The summed E-state index contributed by atoms with van der Waals surface area (Å²) in [4.78, 5) is 50.4. The first-order valence-electron chi connectivity index (χ1n) is 9.43. The molecule has 0 unspecified atom stereocenters. The van der Waals surface area contributed by atoms with Gasteiger partial charge in [-0.15, -0.1) is 0 Å². The third kappa shape index (κ3) is 3.08. The summed E-state index contributed by atoms with van der Waals surface area (Å²) in [7, 11) is 0. The number of nitrogens with zero attached hydrogens (tertiary/aromatic N) is 1. The molecule has 7 heteroatoms. The molecule has 4 rings (SSSR count). The van der Waals surface area contributed by atoms with Crippen LogP contribution in [-0.4, -0.2) is 29.1 Å². The molecule has 1 aromatic heterocycles. The van der Waals surface area contributed by atoms with Gasteiger partial charge in [0.2, 0.25) is 5.75 Å². The number of hydrogen-bond acceptors (Lipinski definition) is 6. The van der Waals surface area contributed by atoms with Gasteiger partial charge in [0.25, 0.3) is 11.8 Å². The molecule has 152 valence electrons. The monoisotopic (exact) mass is 405 g/mol. The Labute approximate surface area is 171 Å².